The summed E-state index contributed by atoms with van der Waals surface area (Å²) in [6.07, 6.45) is 2.03. The van der Waals surface area contributed by atoms with Gasteiger partial charge in [0.2, 0.25) is 5.91 Å². The largest absolute Gasteiger partial charge is 0.492 e. The van der Waals surface area contributed by atoms with E-state index in [0.29, 0.717) is 6.54 Å². The Morgan fingerprint density at radius 2 is 1.96 bits per heavy atom. The van der Waals surface area contributed by atoms with E-state index in [-0.39, 0.29) is 5.91 Å². The van der Waals surface area contributed by atoms with Crippen molar-refractivity contribution in [3.05, 3.63) is 34.7 Å². The lowest BCUT2D eigenvalue weighted by Gasteiger charge is -2.32. The molecule has 1 N–H and O–H groups in total. The second-order valence-electron chi connectivity index (χ2n) is 7.30. The predicted molar refractivity (Wildman–Crippen MR) is 102 cm³/mol. The molecule has 132 valence electrons. The monoisotopic (exact) mass is 358 g/mol. The summed E-state index contributed by atoms with van der Waals surface area (Å²) in [5.41, 5.74) is 3.90. The van der Waals surface area contributed by atoms with Gasteiger partial charge in [-0.15, -0.1) is 11.3 Å². The molecule has 0 saturated carbocycles. The number of nitrogens with zero attached hydrogens (tertiary/aromatic N) is 1. The molecule has 1 aromatic heterocycles. The van der Waals surface area contributed by atoms with Crippen LogP contribution >= 0.6 is 11.3 Å². The highest BCUT2D eigenvalue weighted by atomic mass is 32.1. The van der Waals surface area contributed by atoms with E-state index in [9.17, 15) is 4.79 Å². The molecule has 0 aliphatic carbocycles. The first-order valence-electron chi connectivity index (χ1n) is 8.32. The SMILES string of the molecule is CC(=O)NCC(=Cc1ccc2ncsc2c1)B1OC(C)(C)C(C)(C)O1. The normalized spacial score (nSPS) is 19.4. The molecule has 0 bridgehead atoms. The minimum atomic E-state index is -0.492. The van der Waals surface area contributed by atoms with Crippen LogP contribution in [-0.4, -0.2) is 35.8 Å². The molecule has 0 radical (unpaired) electrons. The van der Waals surface area contributed by atoms with Crippen LogP contribution in [0.3, 0.4) is 0 Å². The van der Waals surface area contributed by atoms with Crippen LogP contribution in [0.5, 0.6) is 0 Å². The van der Waals surface area contributed by atoms with Crippen LogP contribution in [-0.2, 0) is 14.1 Å². The fourth-order valence-corrected chi connectivity index (χ4v) is 3.32. The van der Waals surface area contributed by atoms with E-state index in [1.54, 1.807) is 11.3 Å². The molecule has 1 saturated heterocycles. The number of carbonyl (C=O) groups excluding carboxylic acids is 1. The second kappa shape index (κ2) is 6.55. The molecule has 1 fully saturated rings. The van der Waals surface area contributed by atoms with Gasteiger partial charge in [-0.2, -0.15) is 0 Å². The fraction of sp³-hybridized carbons (Fsp3) is 0.444. The number of aromatic nitrogens is 1. The third kappa shape index (κ3) is 3.78. The lowest BCUT2D eigenvalue weighted by atomic mass is 9.77. The third-order valence-corrected chi connectivity index (χ3v) is 5.60. The summed E-state index contributed by atoms with van der Waals surface area (Å²) < 4.78 is 13.4. The summed E-state index contributed by atoms with van der Waals surface area (Å²) in [4.78, 5) is 15.7. The van der Waals surface area contributed by atoms with Gasteiger partial charge in [0.25, 0.3) is 0 Å². The number of nitrogens with one attached hydrogen (secondary N) is 1. The average Bonchev–Trinajstić information content (AvgIpc) is 3.05. The van der Waals surface area contributed by atoms with Gasteiger partial charge in [0.05, 0.1) is 26.9 Å². The van der Waals surface area contributed by atoms with E-state index < -0.39 is 18.3 Å². The van der Waals surface area contributed by atoms with Crippen molar-refractivity contribution in [2.75, 3.05) is 6.54 Å². The van der Waals surface area contributed by atoms with E-state index in [1.165, 1.54) is 6.92 Å². The number of rotatable bonds is 4. The first kappa shape index (κ1) is 18.1. The van der Waals surface area contributed by atoms with Crippen LogP contribution in [0.4, 0.5) is 0 Å². The Kier molecular flexibility index (Phi) is 4.75. The third-order valence-electron chi connectivity index (χ3n) is 4.80. The molecule has 2 heterocycles. The molecule has 0 atom stereocenters. The molecule has 1 aromatic carbocycles. The van der Waals surface area contributed by atoms with Crippen molar-refractivity contribution in [1.82, 2.24) is 10.3 Å². The molecule has 3 rings (SSSR count). The van der Waals surface area contributed by atoms with Crippen molar-refractivity contribution in [3.8, 4) is 0 Å². The number of amides is 1. The van der Waals surface area contributed by atoms with Crippen molar-refractivity contribution >= 4 is 40.7 Å². The van der Waals surface area contributed by atoms with Crippen molar-refractivity contribution in [1.29, 1.82) is 0 Å². The summed E-state index contributed by atoms with van der Waals surface area (Å²) in [5.74, 6) is -0.0830. The molecule has 7 heteroatoms. The van der Waals surface area contributed by atoms with Crippen molar-refractivity contribution < 1.29 is 14.1 Å². The lowest BCUT2D eigenvalue weighted by molar-refractivity contribution is -0.118. The van der Waals surface area contributed by atoms with Gasteiger partial charge in [-0.3, -0.25) is 4.79 Å². The van der Waals surface area contributed by atoms with E-state index in [1.807, 2.05) is 51.4 Å². The molecular formula is C18H23BN2O3S. The molecule has 2 aromatic rings. The van der Waals surface area contributed by atoms with Crippen molar-refractivity contribution in [3.63, 3.8) is 0 Å². The molecule has 5 nitrogen and oxygen atoms in total. The molecule has 0 unspecified atom stereocenters. The van der Waals surface area contributed by atoms with Gasteiger partial charge in [0.1, 0.15) is 0 Å². The van der Waals surface area contributed by atoms with Gasteiger partial charge in [0.15, 0.2) is 0 Å². The number of hydrogen-bond acceptors (Lipinski definition) is 5. The summed E-state index contributed by atoms with van der Waals surface area (Å²) in [6, 6.07) is 6.10. The molecule has 1 aliphatic heterocycles. The standard InChI is InChI=1S/C18H23BN2O3S/c1-12(22)20-10-14(19-23-17(2,3)18(4,5)24-19)8-13-6-7-15-16(9-13)25-11-21-15/h6-9,11H,10H2,1-5H3,(H,20,22). The minimum absolute atomic E-state index is 0.0830. The van der Waals surface area contributed by atoms with E-state index in [4.69, 9.17) is 9.31 Å². The van der Waals surface area contributed by atoms with Crippen molar-refractivity contribution in [2.45, 2.75) is 45.8 Å². The van der Waals surface area contributed by atoms with Gasteiger partial charge in [-0.05, 0) is 50.9 Å². The maximum atomic E-state index is 11.4. The lowest BCUT2D eigenvalue weighted by Crippen LogP contribution is -2.41. The van der Waals surface area contributed by atoms with Crippen LogP contribution < -0.4 is 5.32 Å². The summed E-state index contributed by atoms with van der Waals surface area (Å²) in [5, 5.41) is 2.85. The first-order valence-corrected chi connectivity index (χ1v) is 9.20. The van der Waals surface area contributed by atoms with Crippen LogP contribution in [0.15, 0.2) is 29.2 Å². The van der Waals surface area contributed by atoms with Crippen LogP contribution in [0, 0.1) is 0 Å². The molecule has 1 aliphatic rings. The summed E-state index contributed by atoms with van der Waals surface area (Å²) in [6.45, 7) is 9.97. The average molecular weight is 358 g/mol. The zero-order chi connectivity index (χ0) is 18.2. The van der Waals surface area contributed by atoms with Gasteiger partial charge in [0, 0.05) is 13.5 Å². The number of carbonyl (C=O) groups is 1. The molecule has 1 amide bonds. The maximum absolute atomic E-state index is 11.4. The Labute approximate surface area is 152 Å². The molecule has 25 heavy (non-hydrogen) atoms. The zero-order valence-corrected chi connectivity index (χ0v) is 16.1. The molecule has 0 spiro atoms. The van der Waals surface area contributed by atoms with Gasteiger partial charge >= 0.3 is 7.12 Å². The van der Waals surface area contributed by atoms with Crippen LogP contribution in [0.2, 0.25) is 0 Å². The maximum Gasteiger partial charge on any atom is 0.492 e. The number of hydrogen-bond donors (Lipinski definition) is 1. The molecular weight excluding hydrogens is 335 g/mol. The van der Waals surface area contributed by atoms with Crippen molar-refractivity contribution in [2.24, 2.45) is 0 Å². The van der Waals surface area contributed by atoms with Gasteiger partial charge in [-0.1, -0.05) is 12.1 Å². The quantitative estimate of drug-likeness (QED) is 0.851. The highest BCUT2D eigenvalue weighted by Crippen LogP contribution is 2.38. The number of thiazole rings is 1. The van der Waals surface area contributed by atoms with Crippen LogP contribution in [0.1, 0.15) is 40.2 Å². The van der Waals surface area contributed by atoms with Crippen LogP contribution in [0.25, 0.3) is 16.3 Å². The Morgan fingerprint density at radius 3 is 2.60 bits per heavy atom. The predicted octanol–water partition coefficient (Wildman–Crippen LogP) is 3.45. The van der Waals surface area contributed by atoms with Gasteiger partial charge in [-0.25, -0.2) is 4.98 Å². The Balaban J connectivity index is 1.92. The number of benzene rings is 1. The second-order valence-corrected chi connectivity index (χ2v) is 8.18. The summed E-state index contributed by atoms with van der Waals surface area (Å²) >= 11 is 1.61. The Bertz CT molecular complexity index is 813. The van der Waals surface area contributed by atoms with E-state index in [0.717, 1.165) is 21.3 Å². The fourth-order valence-electron chi connectivity index (χ4n) is 2.60. The Hall–Kier alpha value is -1.70. The Morgan fingerprint density at radius 1 is 1.28 bits per heavy atom. The highest BCUT2D eigenvalue weighted by Gasteiger charge is 2.52. The minimum Gasteiger partial charge on any atom is -0.400 e. The highest BCUT2D eigenvalue weighted by molar-refractivity contribution is 7.16. The first-order chi connectivity index (χ1) is 11.7. The topological polar surface area (TPSA) is 60.5 Å². The number of fused-ring (bicyclic) bond motifs is 1. The van der Waals surface area contributed by atoms with Gasteiger partial charge < -0.3 is 14.6 Å². The van der Waals surface area contributed by atoms with E-state index >= 15 is 0 Å². The smallest absolute Gasteiger partial charge is 0.400 e. The zero-order valence-electron chi connectivity index (χ0n) is 15.3. The summed E-state index contributed by atoms with van der Waals surface area (Å²) in [7, 11) is -0.492. The van der Waals surface area contributed by atoms with E-state index in [2.05, 4.69) is 16.4 Å².